The first-order chi connectivity index (χ1) is 6.57. The van der Waals surface area contributed by atoms with Crippen LogP contribution in [-0.4, -0.2) is 18.2 Å². The van der Waals surface area contributed by atoms with Crippen molar-refractivity contribution in [2.45, 2.75) is 12.8 Å². The van der Waals surface area contributed by atoms with Gasteiger partial charge < -0.3 is 9.84 Å². The van der Waals surface area contributed by atoms with E-state index in [-0.39, 0.29) is 0 Å². The molecule has 0 radical (unpaired) electrons. The van der Waals surface area contributed by atoms with Crippen LogP contribution in [0.1, 0.15) is 18.4 Å². The lowest BCUT2D eigenvalue weighted by molar-refractivity contribution is -0.138. The van der Waals surface area contributed by atoms with Gasteiger partial charge in [0, 0.05) is 5.56 Å². The van der Waals surface area contributed by atoms with Gasteiger partial charge in [-0.25, -0.2) is 0 Å². The molecule has 0 amide bonds. The number of rotatable bonds is 3. The van der Waals surface area contributed by atoms with Crippen LogP contribution in [0.5, 0.6) is 5.75 Å². The van der Waals surface area contributed by atoms with Crippen molar-refractivity contribution < 1.29 is 14.6 Å². The first kappa shape index (κ1) is 10.9. The monoisotopic (exact) mass is 214 g/mol. The fourth-order valence-corrected chi connectivity index (χ4v) is 1.47. The van der Waals surface area contributed by atoms with Crippen molar-refractivity contribution in [2.75, 3.05) is 7.11 Å². The summed E-state index contributed by atoms with van der Waals surface area (Å²) >= 11 is 5.86. The fourth-order valence-electron chi connectivity index (χ4n) is 1.21. The number of hydrogen-bond acceptors (Lipinski definition) is 2. The van der Waals surface area contributed by atoms with Crippen molar-refractivity contribution >= 4 is 17.6 Å². The van der Waals surface area contributed by atoms with Crippen LogP contribution in [0, 0.1) is 0 Å². The van der Waals surface area contributed by atoms with Gasteiger partial charge in [0.1, 0.15) is 5.75 Å². The molecule has 1 unspecified atom stereocenters. The normalized spacial score (nSPS) is 12.2. The van der Waals surface area contributed by atoms with E-state index in [1.807, 2.05) is 0 Å². The number of ether oxygens (including phenoxy) is 1. The second-order valence-electron chi connectivity index (χ2n) is 2.92. The van der Waals surface area contributed by atoms with Crippen LogP contribution in [0.15, 0.2) is 18.2 Å². The van der Waals surface area contributed by atoms with Crippen molar-refractivity contribution in [2.24, 2.45) is 0 Å². The van der Waals surface area contributed by atoms with Crippen molar-refractivity contribution in [1.82, 2.24) is 0 Å². The van der Waals surface area contributed by atoms with Crippen molar-refractivity contribution in [3.63, 3.8) is 0 Å². The molecule has 0 aliphatic rings. The van der Waals surface area contributed by atoms with E-state index in [2.05, 4.69) is 0 Å². The number of carbonyl (C=O) groups is 1. The summed E-state index contributed by atoms with van der Waals surface area (Å²) in [6.45, 7) is 1.59. The van der Waals surface area contributed by atoms with Crippen LogP contribution in [-0.2, 0) is 4.79 Å². The molecule has 1 rings (SSSR count). The summed E-state index contributed by atoms with van der Waals surface area (Å²) in [5, 5.41) is 9.28. The lowest BCUT2D eigenvalue weighted by Gasteiger charge is -2.12. The summed E-state index contributed by atoms with van der Waals surface area (Å²) < 4.78 is 5.05. The Balaban J connectivity index is 3.20. The molecule has 0 saturated carbocycles. The van der Waals surface area contributed by atoms with E-state index in [4.69, 9.17) is 21.4 Å². The van der Waals surface area contributed by atoms with Gasteiger partial charge in [-0.3, -0.25) is 4.79 Å². The number of benzene rings is 1. The fraction of sp³-hybridized carbons (Fsp3) is 0.300. The van der Waals surface area contributed by atoms with Gasteiger partial charge in [0.25, 0.3) is 0 Å². The highest BCUT2D eigenvalue weighted by atomic mass is 35.5. The third-order valence-electron chi connectivity index (χ3n) is 2.04. The average molecular weight is 215 g/mol. The molecule has 0 aliphatic heterocycles. The minimum absolute atomic E-state index is 0.429. The molecule has 1 atom stereocenters. The van der Waals surface area contributed by atoms with Gasteiger partial charge in [-0.2, -0.15) is 0 Å². The largest absolute Gasteiger partial charge is 0.495 e. The molecule has 0 saturated heterocycles. The average Bonchev–Trinajstić information content (AvgIpc) is 2.16. The topological polar surface area (TPSA) is 46.5 Å². The highest BCUT2D eigenvalue weighted by molar-refractivity contribution is 6.32. The molecule has 0 heterocycles. The van der Waals surface area contributed by atoms with E-state index in [0.29, 0.717) is 16.3 Å². The van der Waals surface area contributed by atoms with E-state index in [0.717, 1.165) is 0 Å². The van der Waals surface area contributed by atoms with E-state index in [9.17, 15) is 4.79 Å². The first-order valence-electron chi connectivity index (χ1n) is 4.13. The van der Waals surface area contributed by atoms with Gasteiger partial charge in [0.05, 0.1) is 18.1 Å². The first-order valence-corrected chi connectivity index (χ1v) is 4.51. The van der Waals surface area contributed by atoms with Crippen LogP contribution in [0.4, 0.5) is 0 Å². The number of carboxylic acid groups (broad SMARTS) is 1. The van der Waals surface area contributed by atoms with Gasteiger partial charge in [0.2, 0.25) is 0 Å². The van der Waals surface area contributed by atoms with Crippen LogP contribution in [0.3, 0.4) is 0 Å². The Morgan fingerprint density at radius 2 is 2.21 bits per heavy atom. The molecule has 1 N–H and O–H groups in total. The van der Waals surface area contributed by atoms with E-state index < -0.39 is 11.9 Å². The Morgan fingerprint density at radius 3 is 2.71 bits per heavy atom. The van der Waals surface area contributed by atoms with Crippen molar-refractivity contribution in [1.29, 1.82) is 0 Å². The number of para-hydroxylation sites is 1. The van der Waals surface area contributed by atoms with E-state index in [1.165, 1.54) is 7.11 Å². The maximum Gasteiger partial charge on any atom is 0.310 e. The van der Waals surface area contributed by atoms with Gasteiger partial charge in [-0.15, -0.1) is 0 Å². The Kier molecular flexibility index (Phi) is 3.36. The van der Waals surface area contributed by atoms with Crippen LogP contribution in [0.25, 0.3) is 0 Å². The zero-order chi connectivity index (χ0) is 10.7. The summed E-state index contributed by atoms with van der Waals surface area (Å²) in [5.74, 6) is -1.08. The molecule has 0 spiro atoms. The summed E-state index contributed by atoms with van der Waals surface area (Å²) in [6, 6.07) is 5.07. The molecule has 1 aromatic carbocycles. The highest BCUT2D eigenvalue weighted by Gasteiger charge is 2.19. The summed E-state index contributed by atoms with van der Waals surface area (Å²) in [7, 11) is 1.47. The zero-order valence-electron chi connectivity index (χ0n) is 7.95. The highest BCUT2D eigenvalue weighted by Crippen LogP contribution is 2.33. The second-order valence-corrected chi connectivity index (χ2v) is 3.33. The Morgan fingerprint density at radius 1 is 1.57 bits per heavy atom. The van der Waals surface area contributed by atoms with Crippen molar-refractivity contribution in [3.8, 4) is 5.75 Å². The maximum absolute atomic E-state index is 10.8. The van der Waals surface area contributed by atoms with Gasteiger partial charge in [-0.05, 0) is 13.0 Å². The lowest BCUT2D eigenvalue weighted by Crippen LogP contribution is -2.08. The quantitative estimate of drug-likeness (QED) is 0.841. The molecule has 1 aromatic rings. The third-order valence-corrected chi connectivity index (χ3v) is 2.34. The Hall–Kier alpha value is -1.22. The molecule has 76 valence electrons. The zero-order valence-corrected chi connectivity index (χ0v) is 8.71. The van der Waals surface area contributed by atoms with Crippen LogP contribution in [0.2, 0.25) is 5.02 Å². The SMILES string of the molecule is COc1c(Cl)cccc1C(C)C(=O)O. The Bertz CT molecular complexity index is 349. The number of methoxy groups -OCH3 is 1. The van der Waals surface area contributed by atoms with Crippen LogP contribution < -0.4 is 4.74 Å². The molecule has 0 bridgehead atoms. The van der Waals surface area contributed by atoms with Crippen LogP contribution >= 0.6 is 11.6 Å². The molecule has 4 heteroatoms. The predicted octanol–water partition coefficient (Wildman–Crippen LogP) is 2.54. The standard InChI is InChI=1S/C10H11ClO3/c1-6(10(12)13)7-4-3-5-8(11)9(7)14-2/h3-6H,1-2H3,(H,12,13). The Labute approximate surface area is 87.3 Å². The minimum Gasteiger partial charge on any atom is -0.495 e. The number of hydrogen-bond donors (Lipinski definition) is 1. The predicted molar refractivity (Wildman–Crippen MR) is 54.1 cm³/mol. The van der Waals surface area contributed by atoms with Gasteiger partial charge in [-0.1, -0.05) is 23.7 Å². The minimum atomic E-state index is -0.898. The molecular formula is C10H11ClO3. The third kappa shape index (κ3) is 1.99. The molecule has 0 aromatic heterocycles. The number of aliphatic carboxylic acids is 1. The number of carboxylic acids is 1. The van der Waals surface area contributed by atoms with Gasteiger partial charge >= 0.3 is 5.97 Å². The second kappa shape index (κ2) is 4.33. The van der Waals surface area contributed by atoms with E-state index >= 15 is 0 Å². The molecule has 3 nitrogen and oxygen atoms in total. The van der Waals surface area contributed by atoms with Gasteiger partial charge in [0.15, 0.2) is 0 Å². The molecule has 14 heavy (non-hydrogen) atoms. The summed E-state index contributed by atoms with van der Waals surface area (Å²) in [6.07, 6.45) is 0. The molecule has 0 fully saturated rings. The molecular weight excluding hydrogens is 204 g/mol. The number of halogens is 1. The lowest BCUT2D eigenvalue weighted by atomic mass is 10.0. The summed E-state index contributed by atoms with van der Waals surface area (Å²) in [4.78, 5) is 10.8. The maximum atomic E-state index is 10.8. The van der Waals surface area contributed by atoms with E-state index in [1.54, 1.807) is 25.1 Å². The smallest absolute Gasteiger partial charge is 0.310 e. The van der Waals surface area contributed by atoms with Crippen molar-refractivity contribution in [3.05, 3.63) is 28.8 Å². The molecule has 0 aliphatic carbocycles. The summed E-state index contributed by atoms with van der Waals surface area (Å²) in [5.41, 5.74) is 0.590.